The average Bonchev–Trinajstić information content (AvgIpc) is 1.92. The smallest absolute Gasteiger partial charge is 0.116 e. The number of hydrogen-bond acceptors (Lipinski definition) is 3. The summed E-state index contributed by atoms with van der Waals surface area (Å²) in [6.07, 6.45) is 0. The Labute approximate surface area is 71.5 Å². The van der Waals surface area contributed by atoms with Gasteiger partial charge >= 0.3 is 0 Å². The first-order valence-corrected chi connectivity index (χ1v) is 3.72. The second-order valence-electron chi connectivity index (χ2n) is 3.33. The van der Waals surface area contributed by atoms with Crippen LogP contribution in [0, 0.1) is 0 Å². The lowest BCUT2D eigenvalue weighted by Gasteiger charge is -2.19. The van der Waals surface area contributed by atoms with E-state index in [1.807, 2.05) is 0 Å². The van der Waals surface area contributed by atoms with Crippen LogP contribution < -0.4 is 5.73 Å². The van der Waals surface area contributed by atoms with E-state index in [-0.39, 0.29) is 5.75 Å². The van der Waals surface area contributed by atoms with E-state index in [9.17, 15) is 5.11 Å². The van der Waals surface area contributed by atoms with Gasteiger partial charge in [0.25, 0.3) is 0 Å². The predicted molar refractivity (Wildman–Crippen MR) is 47.8 cm³/mol. The highest BCUT2D eigenvalue weighted by Gasteiger charge is 2.19. The number of rotatable bonds is 1. The molecule has 3 nitrogen and oxygen atoms in total. The first-order chi connectivity index (χ1) is 5.41. The van der Waals surface area contributed by atoms with Crippen LogP contribution >= 0.6 is 0 Å². The van der Waals surface area contributed by atoms with Gasteiger partial charge < -0.3 is 15.9 Å². The highest BCUT2D eigenvalue weighted by Crippen LogP contribution is 2.28. The van der Waals surface area contributed by atoms with Crippen molar-refractivity contribution in [2.24, 2.45) is 0 Å². The standard InChI is InChI=1S/C9H13NO2/c1-9(2,12)7-5-6(11)3-4-8(7)10/h3-5,11-12H,10H2,1-2H3. The maximum absolute atomic E-state index is 9.60. The van der Waals surface area contributed by atoms with Gasteiger partial charge in [-0.25, -0.2) is 0 Å². The van der Waals surface area contributed by atoms with Gasteiger partial charge in [-0.2, -0.15) is 0 Å². The molecule has 0 spiro atoms. The molecule has 1 aromatic carbocycles. The normalized spacial score (nSPS) is 11.6. The summed E-state index contributed by atoms with van der Waals surface area (Å²) in [4.78, 5) is 0. The van der Waals surface area contributed by atoms with Gasteiger partial charge in [-0.15, -0.1) is 0 Å². The summed E-state index contributed by atoms with van der Waals surface area (Å²) in [5.41, 5.74) is 5.62. The molecule has 0 saturated heterocycles. The summed E-state index contributed by atoms with van der Waals surface area (Å²) < 4.78 is 0. The van der Waals surface area contributed by atoms with Crippen molar-refractivity contribution in [3.05, 3.63) is 23.8 Å². The van der Waals surface area contributed by atoms with Crippen molar-refractivity contribution in [1.29, 1.82) is 0 Å². The molecule has 0 bridgehead atoms. The van der Waals surface area contributed by atoms with Crippen molar-refractivity contribution >= 4 is 5.69 Å². The van der Waals surface area contributed by atoms with Crippen molar-refractivity contribution in [3.63, 3.8) is 0 Å². The molecule has 0 radical (unpaired) electrons. The molecule has 0 heterocycles. The number of hydrogen-bond donors (Lipinski definition) is 3. The van der Waals surface area contributed by atoms with Crippen LogP contribution in [-0.4, -0.2) is 10.2 Å². The summed E-state index contributed by atoms with van der Waals surface area (Å²) in [6.45, 7) is 3.25. The Bertz CT molecular complexity index is 289. The van der Waals surface area contributed by atoms with Crippen LogP contribution in [0.25, 0.3) is 0 Å². The van der Waals surface area contributed by atoms with Crippen molar-refractivity contribution in [2.45, 2.75) is 19.4 Å². The quantitative estimate of drug-likeness (QED) is 0.435. The van der Waals surface area contributed by atoms with Crippen LogP contribution in [0.4, 0.5) is 5.69 Å². The summed E-state index contributed by atoms with van der Waals surface area (Å²) in [7, 11) is 0. The van der Waals surface area contributed by atoms with E-state index in [1.165, 1.54) is 12.1 Å². The molecule has 0 aromatic heterocycles. The Hall–Kier alpha value is -1.22. The van der Waals surface area contributed by atoms with Gasteiger partial charge in [0.05, 0.1) is 5.60 Å². The van der Waals surface area contributed by atoms with E-state index in [0.717, 1.165) is 0 Å². The third-order valence-corrected chi connectivity index (χ3v) is 1.70. The lowest BCUT2D eigenvalue weighted by Crippen LogP contribution is -2.17. The van der Waals surface area contributed by atoms with Gasteiger partial charge in [-0.1, -0.05) is 0 Å². The monoisotopic (exact) mass is 167 g/mol. The zero-order valence-corrected chi connectivity index (χ0v) is 7.20. The molecular weight excluding hydrogens is 154 g/mol. The zero-order chi connectivity index (χ0) is 9.35. The molecule has 3 heteroatoms. The Kier molecular flexibility index (Phi) is 1.98. The maximum Gasteiger partial charge on any atom is 0.116 e. The van der Waals surface area contributed by atoms with E-state index < -0.39 is 5.60 Å². The van der Waals surface area contributed by atoms with Crippen molar-refractivity contribution < 1.29 is 10.2 Å². The second-order valence-corrected chi connectivity index (χ2v) is 3.33. The Morgan fingerprint density at radius 2 is 1.92 bits per heavy atom. The number of nitrogens with two attached hydrogens (primary N) is 1. The first kappa shape index (κ1) is 8.87. The first-order valence-electron chi connectivity index (χ1n) is 3.72. The number of nitrogen functional groups attached to an aromatic ring is 1. The average molecular weight is 167 g/mol. The van der Waals surface area contributed by atoms with E-state index in [4.69, 9.17) is 10.8 Å². The molecule has 0 saturated carbocycles. The fourth-order valence-corrected chi connectivity index (χ4v) is 1.07. The Balaban J connectivity index is 3.23. The van der Waals surface area contributed by atoms with Gasteiger partial charge in [0, 0.05) is 11.3 Å². The minimum absolute atomic E-state index is 0.112. The van der Waals surface area contributed by atoms with E-state index in [1.54, 1.807) is 19.9 Å². The fourth-order valence-electron chi connectivity index (χ4n) is 1.07. The molecule has 0 aliphatic carbocycles. The van der Waals surface area contributed by atoms with Crippen molar-refractivity contribution in [2.75, 3.05) is 5.73 Å². The van der Waals surface area contributed by atoms with Crippen LogP contribution in [0.3, 0.4) is 0 Å². The number of phenolic OH excluding ortho intramolecular Hbond substituents is 1. The van der Waals surface area contributed by atoms with Crippen LogP contribution in [0.5, 0.6) is 5.75 Å². The van der Waals surface area contributed by atoms with Gasteiger partial charge in [0.1, 0.15) is 5.75 Å². The van der Waals surface area contributed by atoms with Crippen LogP contribution in [-0.2, 0) is 5.60 Å². The summed E-state index contributed by atoms with van der Waals surface area (Å²) in [6, 6.07) is 4.53. The lowest BCUT2D eigenvalue weighted by atomic mass is 9.96. The molecule has 0 atom stereocenters. The molecular formula is C9H13NO2. The highest BCUT2D eigenvalue weighted by atomic mass is 16.3. The predicted octanol–water partition coefficient (Wildman–Crippen LogP) is 1.20. The van der Waals surface area contributed by atoms with E-state index in [2.05, 4.69) is 0 Å². The van der Waals surface area contributed by atoms with Crippen LogP contribution in [0.1, 0.15) is 19.4 Å². The van der Waals surface area contributed by atoms with Gasteiger partial charge in [-0.05, 0) is 32.0 Å². The second kappa shape index (κ2) is 2.68. The number of phenols is 1. The van der Waals surface area contributed by atoms with Gasteiger partial charge in [0.15, 0.2) is 0 Å². The third-order valence-electron chi connectivity index (χ3n) is 1.70. The fraction of sp³-hybridized carbons (Fsp3) is 0.333. The maximum atomic E-state index is 9.60. The minimum atomic E-state index is -1.01. The topological polar surface area (TPSA) is 66.5 Å². The summed E-state index contributed by atoms with van der Waals surface area (Å²) >= 11 is 0. The van der Waals surface area contributed by atoms with Gasteiger partial charge in [0.2, 0.25) is 0 Å². The SMILES string of the molecule is CC(C)(O)c1cc(O)ccc1N. The third kappa shape index (κ3) is 1.68. The molecule has 0 aliphatic rings. The number of anilines is 1. The molecule has 4 N–H and O–H groups in total. The highest BCUT2D eigenvalue weighted by molar-refractivity contribution is 5.52. The van der Waals surface area contributed by atoms with Crippen molar-refractivity contribution in [1.82, 2.24) is 0 Å². The minimum Gasteiger partial charge on any atom is -0.508 e. The number of aliphatic hydroxyl groups is 1. The lowest BCUT2D eigenvalue weighted by molar-refractivity contribution is 0.0791. The summed E-state index contributed by atoms with van der Waals surface area (Å²) in [5, 5.41) is 18.7. The Morgan fingerprint density at radius 3 is 2.33 bits per heavy atom. The number of aromatic hydroxyl groups is 1. The molecule has 1 aromatic rings. The van der Waals surface area contributed by atoms with E-state index >= 15 is 0 Å². The molecule has 0 fully saturated rings. The molecule has 0 aliphatic heterocycles. The molecule has 1 rings (SSSR count). The number of benzene rings is 1. The van der Waals surface area contributed by atoms with E-state index in [0.29, 0.717) is 11.3 Å². The Morgan fingerprint density at radius 1 is 1.33 bits per heavy atom. The van der Waals surface area contributed by atoms with Gasteiger partial charge in [-0.3, -0.25) is 0 Å². The van der Waals surface area contributed by atoms with Crippen LogP contribution in [0.15, 0.2) is 18.2 Å². The zero-order valence-electron chi connectivity index (χ0n) is 7.20. The largest absolute Gasteiger partial charge is 0.508 e. The molecule has 66 valence electrons. The molecule has 0 amide bonds. The summed E-state index contributed by atoms with van der Waals surface area (Å²) in [5.74, 6) is 0.112. The van der Waals surface area contributed by atoms with Crippen molar-refractivity contribution in [3.8, 4) is 5.75 Å². The molecule has 0 unspecified atom stereocenters. The van der Waals surface area contributed by atoms with Crippen LogP contribution in [0.2, 0.25) is 0 Å². The molecule has 12 heavy (non-hydrogen) atoms.